The van der Waals surface area contributed by atoms with Crippen molar-refractivity contribution in [2.75, 3.05) is 7.11 Å². The largest absolute Gasteiger partial charge is 0.467 e. The lowest BCUT2D eigenvalue weighted by Gasteiger charge is -2.56. The van der Waals surface area contributed by atoms with Crippen molar-refractivity contribution in [3.8, 4) is 0 Å². The highest BCUT2D eigenvalue weighted by Gasteiger charge is 2.51. The molecule has 0 aromatic rings. The van der Waals surface area contributed by atoms with Gasteiger partial charge in [-0.05, 0) is 62.7 Å². The van der Waals surface area contributed by atoms with Gasteiger partial charge < -0.3 is 15.4 Å². The van der Waals surface area contributed by atoms with Crippen molar-refractivity contribution in [3.05, 3.63) is 0 Å². The summed E-state index contributed by atoms with van der Waals surface area (Å²) in [6, 6.07) is -0.712. The van der Waals surface area contributed by atoms with Crippen LogP contribution in [-0.4, -0.2) is 30.7 Å². The van der Waals surface area contributed by atoms with Crippen LogP contribution in [0.3, 0.4) is 0 Å². The van der Waals surface area contributed by atoms with Gasteiger partial charge in [0.25, 0.3) is 0 Å². The Hall–Kier alpha value is -1.26. The molecule has 1 unspecified atom stereocenters. The van der Waals surface area contributed by atoms with Crippen LogP contribution in [0.4, 0.5) is 4.79 Å². The number of hydrogen-bond donors (Lipinski definition) is 2. The van der Waals surface area contributed by atoms with Gasteiger partial charge in [-0.15, -0.1) is 0 Å². The molecule has 4 fully saturated rings. The molecule has 2 N–H and O–H groups in total. The molecule has 4 aliphatic rings. The second-order valence-electron chi connectivity index (χ2n) is 10.1. The second-order valence-corrected chi connectivity index (χ2v) is 10.1. The van der Waals surface area contributed by atoms with Crippen molar-refractivity contribution in [3.63, 3.8) is 0 Å². The molecule has 4 aliphatic carbocycles. The van der Waals surface area contributed by atoms with E-state index in [2.05, 4.69) is 17.6 Å². The average molecular weight is 407 g/mol. The summed E-state index contributed by atoms with van der Waals surface area (Å²) < 4.78 is 4.95. The number of esters is 1. The van der Waals surface area contributed by atoms with E-state index in [1.165, 1.54) is 64.9 Å². The number of carbonyl (C=O) groups is 2. The van der Waals surface area contributed by atoms with E-state index in [0.717, 1.165) is 49.9 Å². The molecule has 166 valence electrons. The second kappa shape index (κ2) is 10.7. The molecule has 0 aliphatic heterocycles. The zero-order chi connectivity index (χ0) is 20.7. The van der Waals surface area contributed by atoms with Crippen LogP contribution in [0, 0.1) is 17.8 Å². The van der Waals surface area contributed by atoms with Crippen molar-refractivity contribution in [2.24, 2.45) is 17.8 Å². The minimum atomic E-state index is -0.533. The highest BCUT2D eigenvalue weighted by atomic mass is 16.5. The summed E-state index contributed by atoms with van der Waals surface area (Å²) in [5.74, 6) is 2.04. The van der Waals surface area contributed by atoms with E-state index < -0.39 is 6.04 Å². The third kappa shape index (κ3) is 6.36. The van der Waals surface area contributed by atoms with Crippen LogP contribution in [0.15, 0.2) is 0 Å². The van der Waals surface area contributed by atoms with Gasteiger partial charge in [-0.3, -0.25) is 0 Å². The first kappa shape index (κ1) is 22.4. The molecule has 0 aromatic carbocycles. The predicted octanol–water partition coefficient (Wildman–Crippen LogP) is 5.33. The van der Waals surface area contributed by atoms with Crippen LogP contribution in [0.25, 0.3) is 0 Å². The first-order valence-electron chi connectivity index (χ1n) is 12.2. The van der Waals surface area contributed by atoms with E-state index in [1.807, 2.05) is 0 Å². The normalized spacial score (nSPS) is 30.8. The maximum absolute atomic E-state index is 12.8. The molecule has 0 spiro atoms. The molecule has 5 heteroatoms. The first-order chi connectivity index (χ1) is 14.0. The Morgan fingerprint density at radius 3 is 1.93 bits per heavy atom. The van der Waals surface area contributed by atoms with Crippen molar-refractivity contribution in [2.45, 2.75) is 115 Å². The molecule has 4 saturated carbocycles. The fourth-order valence-corrected chi connectivity index (χ4v) is 6.57. The van der Waals surface area contributed by atoms with Crippen molar-refractivity contribution >= 4 is 12.0 Å². The standard InChI is InChI=1S/C24H42N2O3/c1-3-4-5-6-7-8-9-10-11-21(22(27)29-2)25-23(28)26-24-15-18-12-19(16-24)14-20(13-18)17-24/h18-21H,3-17H2,1-2H3,(H2,25,26,28). The van der Waals surface area contributed by atoms with E-state index in [1.54, 1.807) is 0 Å². The van der Waals surface area contributed by atoms with Gasteiger partial charge in [0, 0.05) is 5.54 Å². The fourth-order valence-electron chi connectivity index (χ4n) is 6.57. The van der Waals surface area contributed by atoms with Gasteiger partial charge in [0.1, 0.15) is 6.04 Å². The molecule has 29 heavy (non-hydrogen) atoms. The van der Waals surface area contributed by atoms with Crippen molar-refractivity contribution in [1.29, 1.82) is 0 Å². The molecular weight excluding hydrogens is 364 g/mol. The molecule has 1 atom stereocenters. The summed E-state index contributed by atoms with van der Waals surface area (Å²) in [5, 5.41) is 6.24. The van der Waals surface area contributed by atoms with Crippen LogP contribution in [0.5, 0.6) is 0 Å². The Morgan fingerprint density at radius 2 is 1.41 bits per heavy atom. The third-order valence-electron chi connectivity index (χ3n) is 7.55. The zero-order valence-electron chi connectivity index (χ0n) is 18.6. The monoisotopic (exact) mass is 406 g/mol. The number of ether oxygens (including phenoxy) is 1. The molecule has 4 rings (SSSR count). The molecule has 0 saturated heterocycles. The van der Waals surface area contributed by atoms with Crippen LogP contribution in [0.2, 0.25) is 0 Å². The van der Waals surface area contributed by atoms with E-state index >= 15 is 0 Å². The first-order valence-corrected chi connectivity index (χ1v) is 12.2. The fraction of sp³-hybridized carbons (Fsp3) is 0.917. The number of unbranched alkanes of at least 4 members (excludes halogenated alkanes) is 7. The number of amides is 2. The number of rotatable bonds is 12. The van der Waals surface area contributed by atoms with Gasteiger partial charge >= 0.3 is 12.0 Å². The lowest BCUT2D eigenvalue weighted by atomic mass is 9.53. The molecule has 0 aromatic heterocycles. The summed E-state index contributed by atoms with van der Waals surface area (Å²) >= 11 is 0. The highest BCUT2D eigenvalue weighted by molar-refractivity contribution is 5.83. The van der Waals surface area contributed by atoms with Gasteiger partial charge in [-0.2, -0.15) is 0 Å². The van der Waals surface area contributed by atoms with E-state index in [-0.39, 0.29) is 17.5 Å². The average Bonchev–Trinajstić information content (AvgIpc) is 2.67. The zero-order valence-corrected chi connectivity index (χ0v) is 18.6. The lowest BCUT2D eigenvalue weighted by Crippen LogP contribution is -2.62. The number of nitrogens with one attached hydrogen (secondary N) is 2. The Morgan fingerprint density at radius 1 is 0.897 bits per heavy atom. The molecular formula is C24H42N2O3. The molecule has 4 bridgehead atoms. The molecule has 0 heterocycles. The topological polar surface area (TPSA) is 67.4 Å². The summed E-state index contributed by atoms with van der Waals surface area (Å²) in [5.41, 5.74) is -0.0298. The van der Waals surface area contributed by atoms with E-state index in [4.69, 9.17) is 4.74 Å². The lowest BCUT2D eigenvalue weighted by molar-refractivity contribution is -0.143. The minimum absolute atomic E-state index is 0.0298. The van der Waals surface area contributed by atoms with Crippen molar-refractivity contribution in [1.82, 2.24) is 10.6 Å². The Labute approximate surface area is 177 Å². The maximum Gasteiger partial charge on any atom is 0.328 e. The van der Waals surface area contributed by atoms with Crippen molar-refractivity contribution < 1.29 is 14.3 Å². The smallest absolute Gasteiger partial charge is 0.328 e. The summed E-state index contributed by atoms with van der Waals surface area (Å²) in [7, 11) is 1.40. The van der Waals surface area contributed by atoms with Gasteiger partial charge in [0.15, 0.2) is 0 Å². The summed E-state index contributed by atoms with van der Waals surface area (Å²) in [4.78, 5) is 24.9. The van der Waals surface area contributed by atoms with Gasteiger partial charge in [-0.1, -0.05) is 58.3 Å². The molecule has 2 amide bonds. The Kier molecular flexibility index (Phi) is 8.25. The van der Waals surface area contributed by atoms with E-state index in [9.17, 15) is 9.59 Å². The van der Waals surface area contributed by atoms with Crippen LogP contribution < -0.4 is 10.6 Å². The number of methoxy groups -OCH3 is 1. The predicted molar refractivity (Wildman–Crippen MR) is 116 cm³/mol. The number of hydrogen-bond acceptors (Lipinski definition) is 3. The van der Waals surface area contributed by atoms with Crippen LogP contribution in [-0.2, 0) is 9.53 Å². The maximum atomic E-state index is 12.8. The minimum Gasteiger partial charge on any atom is -0.467 e. The van der Waals surface area contributed by atoms with Gasteiger partial charge in [-0.25, -0.2) is 9.59 Å². The Bertz CT molecular complexity index is 513. The SMILES string of the molecule is CCCCCCCCCCC(NC(=O)NC12CC3CC(CC(C3)C1)C2)C(=O)OC. The van der Waals surface area contributed by atoms with Crippen LogP contribution in [0.1, 0.15) is 103 Å². The highest BCUT2D eigenvalue weighted by Crippen LogP contribution is 2.55. The molecule has 5 nitrogen and oxygen atoms in total. The number of carbonyl (C=O) groups excluding carboxylic acids is 2. The quantitative estimate of drug-likeness (QED) is 0.340. The number of urea groups is 1. The Balaban J connectivity index is 1.40. The molecule has 0 radical (unpaired) electrons. The third-order valence-corrected chi connectivity index (χ3v) is 7.55. The van der Waals surface area contributed by atoms with Gasteiger partial charge in [0.05, 0.1) is 7.11 Å². The van der Waals surface area contributed by atoms with E-state index in [0.29, 0.717) is 6.42 Å². The summed E-state index contributed by atoms with van der Waals surface area (Å²) in [6.07, 6.45) is 17.8. The van der Waals surface area contributed by atoms with Gasteiger partial charge in [0.2, 0.25) is 0 Å². The van der Waals surface area contributed by atoms with Crippen LogP contribution >= 0.6 is 0 Å². The summed E-state index contributed by atoms with van der Waals surface area (Å²) in [6.45, 7) is 2.24.